The highest BCUT2D eigenvalue weighted by Gasteiger charge is 2.27. The number of carbonyl (C=O) groups excluding carboxylic acids is 1. The van der Waals surface area contributed by atoms with Crippen LogP contribution < -0.4 is 5.73 Å². The molecule has 4 rings (SSSR count). The van der Waals surface area contributed by atoms with Crippen LogP contribution in [0.1, 0.15) is 63.6 Å². The van der Waals surface area contributed by atoms with Crippen LogP contribution in [0.15, 0.2) is 36.7 Å². The first-order valence-electron chi connectivity index (χ1n) is 12.2. The number of likely N-dealkylation sites (tertiary alicyclic amines) is 1. The van der Waals surface area contributed by atoms with E-state index >= 15 is 0 Å². The largest absolute Gasteiger partial charge is 0.444 e. The van der Waals surface area contributed by atoms with Crippen molar-refractivity contribution >= 4 is 23.5 Å². The smallest absolute Gasteiger partial charge is 0.410 e. The predicted molar refractivity (Wildman–Crippen MR) is 138 cm³/mol. The van der Waals surface area contributed by atoms with E-state index in [0.29, 0.717) is 41.7 Å². The molecule has 1 saturated heterocycles. The third-order valence-electron chi connectivity index (χ3n) is 6.18. The van der Waals surface area contributed by atoms with Crippen molar-refractivity contribution < 1.29 is 9.53 Å². The fourth-order valence-electron chi connectivity index (χ4n) is 4.46. The van der Waals surface area contributed by atoms with Gasteiger partial charge in [-0.3, -0.25) is 4.68 Å². The molecule has 1 amide bonds. The standard InChI is InChI=1S/C26H32ClN7O2/c1-26(2,3)36-25(35)32-12-6-9-20(10-7-13-32)34-24(29)21(14-28)23(31-34)19-15-30-33(17-19)16-18-8-4-5-11-22(18)27/h4-5,8,11,15,17,20H,6-7,9-10,12-13,16,29H2,1-3H3. The van der Waals surface area contributed by atoms with Gasteiger partial charge in [-0.05, 0) is 58.1 Å². The minimum atomic E-state index is -0.517. The summed E-state index contributed by atoms with van der Waals surface area (Å²) in [6.45, 7) is 7.34. The first-order chi connectivity index (χ1) is 17.2. The first kappa shape index (κ1) is 25.6. The fraction of sp³-hybridized carbons (Fsp3) is 0.462. The van der Waals surface area contributed by atoms with E-state index in [-0.39, 0.29) is 12.1 Å². The molecule has 0 radical (unpaired) electrons. The fourth-order valence-corrected chi connectivity index (χ4v) is 4.65. The number of nitrogen functional groups attached to an aromatic ring is 1. The third-order valence-corrected chi connectivity index (χ3v) is 6.55. The van der Waals surface area contributed by atoms with Crippen molar-refractivity contribution in [3.05, 3.63) is 52.8 Å². The zero-order valence-electron chi connectivity index (χ0n) is 20.9. The maximum Gasteiger partial charge on any atom is 0.410 e. The highest BCUT2D eigenvalue weighted by atomic mass is 35.5. The molecule has 9 nitrogen and oxygen atoms in total. The molecule has 0 spiro atoms. The molecular weight excluding hydrogens is 478 g/mol. The number of nitrogens with two attached hydrogens (primary N) is 1. The van der Waals surface area contributed by atoms with Crippen molar-refractivity contribution in [3.8, 4) is 17.3 Å². The van der Waals surface area contributed by atoms with Crippen LogP contribution in [-0.2, 0) is 11.3 Å². The molecule has 0 saturated carbocycles. The van der Waals surface area contributed by atoms with Crippen molar-refractivity contribution in [2.75, 3.05) is 18.8 Å². The molecule has 10 heteroatoms. The molecule has 190 valence electrons. The van der Waals surface area contributed by atoms with Gasteiger partial charge in [-0.2, -0.15) is 15.5 Å². The van der Waals surface area contributed by atoms with Gasteiger partial charge in [0.05, 0.1) is 18.8 Å². The molecule has 0 bridgehead atoms. The molecule has 1 fully saturated rings. The summed E-state index contributed by atoms with van der Waals surface area (Å²) in [7, 11) is 0. The minimum absolute atomic E-state index is 0.0461. The summed E-state index contributed by atoms with van der Waals surface area (Å²) >= 11 is 6.29. The monoisotopic (exact) mass is 509 g/mol. The van der Waals surface area contributed by atoms with Crippen molar-refractivity contribution in [2.24, 2.45) is 0 Å². The third kappa shape index (κ3) is 5.82. The van der Waals surface area contributed by atoms with Crippen LogP contribution in [0.2, 0.25) is 5.02 Å². The normalized spacial score (nSPS) is 15.2. The molecular formula is C26H32ClN7O2. The molecule has 2 aromatic heterocycles. The quantitative estimate of drug-likeness (QED) is 0.513. The van der Waals surface area contributed by atoms with Crippen molar-refractivity contribution in [3.63, 3.8) is 0 Å². The predicted octanol–water partition coefficient (Wildman–Crippen LogP) is 5.25. The van der Waals surface area contributed by atoms with Crippen molar-refractivity contribution in [2.45, 2.75) is 64.6 Å². The summed E-state index contributed by atoms with van der Waals surface area (Å²) < 4.78 is 9.08. The highest BCUT2D eigenvalue weighted by molar-refractivity contribution is 6.31. The molecule has 1 aliphatic heterocycles. The van der Waals surface area contributed by atoms with E-state index in [1.54, 1.807) is 20.5 Å². The van der Waals surface area contributed by atoms with Crippen molar-refractivity contribution in [1.82, 2.24) is 24.5 Å². The van der Waals surface area contributed by atoms with Gasteiger partial charge in [0.1, 0.15) is 28.7 Å². The SMILES string of the molecule is CC(C)(C)OC(=O)N1CCCC(n2nc(-c3cnn(Cc4ccccc4Cl)c3)c(C#N)c2N)CCC1. The minimum Gasteiger partial charge on any atom is -0.444 e. The van der Waals surface area contributed by atoms with E-state index in [9.17, 15) is 10.1 Å². The molecule has 2 N–H and O–H groups in total. The highest BCUT2D eigenvalue weighted by Crippen LogP contribution is 2.32. The average molecular weight is 510 g/mol. The zero-order chi connectivity index (χ0) is 25.9. The zero-order valence-corrected chi connectivity index (χ0v) is 21.7. The number of hydrogen-bond acceptors (Lipinski definition) is 6. The number of aromatic nitrogens is 4. The maximum absolute atomic E-state index is 12.5. The second-order valence-electron chi connectivity index (χ2n) is 10.1. The topological polar surface area (TPSA) is 115 Å². The lowest BCUT2D eigenvalue weighted by atomic mass is 10.0. The summed E-state index contributed by atoms with van der Waals surface area (Å²) in [6.07, 6.45) is 6.44. The Morgan fingerprint density at radius 1 is 1.25 bits per heavy atom. The molecule has 0 unspecified atom stereocenters. The van der Waals surface area contributed by atoms with Crippen LogP contribution >= 0.6 is 11.6 Å². The summed E-state index contributed by atoms with van der Waals surface area (Å²) in [5, 5.41) is 19.7. The van der Waals surface area contributed by atoms with Crippen molar-refractivity contribution in [1.29, 1.82) is 5.26 Å². The van der Waals surface area contributed by atoms with Crippen LogP contribution in [0.25, 0.3) is 11.3 Å². The van der Waals surface area contributed by atoms with Gasteiger partial charge < -0.3 is 15.4 Å². The van der Waals surface area contributed by atoms with Gasteiger partial charge in [0.2, 0.25) is 0 Å². The molecule has 3 heterocycles. The van der Waals surface area contributed by atoms with E-state index in [4.69, 9.17) is 27.2 Å². The van der Waals surface area contributed by atoms with Crippen LogP contribution in [0.5, 0.6) is 0 Å². The number of nitrogens with zero attached hydrogens (tertiary/aromatic N) is 6. The Labute approximate surface area is 216 Å². The maximum atomic E-state index is 12.5. The van der Waals surface area contributed by atoms with Gasteiger partial charge in [-0.1, -0.05) is 29.8 Å². The number of ether oxygens (including phenoxy) is 1. The summed E-state index contributed by atoms with van der Waals surface area (Å²) in [6, 6.07) is 9.89. The number of halogens is 1. The summed E-state index contributed by atoms with van der Waals surface area (Å²) in [4.78, 5) is 14.3. The van der Waals surface area contributed by atoms with Gasteiger partial charge in [-0.25, -0.2) is 9.48 Å². The van der Waals surface area contributed by atoms with Crippen LogP contribution in [0, 0.1) is 11.3 Å². The Balaban J connectivity index is 1.49. The summed E-state index contributed by atoms with van der Waals surface area (Å²) in [5.74, 6) is 0.362. The molecule has 1 aliphatic rings. The van der Waals surface area contributed by atoms with E-state index < -0.39 is 5.60 Å². The van der Waals surface area contributed by atoms with Gasteiger partial charge in [-0.15, -0.1) is 0 Å². The Kier molecular flexibility index (Phi) is 7.55. The number of rotatable bonds is 4. The lowest BCUT2D eigenvalue weighted by Gasteiger charge is -2.30. The number of benzene rings is 1. The Morgan fingerprint density at radius 2 is 1.94 bits per heavy atom. The molecule has 0 aliphatic carbocycles. The number of carbonyl (C=O) groups is 1. The molecule has 0 atom stereocenters. The average Bonchev–Trinajstić information content (AvgIpc) is 3.38. The second-order valence-corrected chi connectivity index (χ2v) is 10.5. The van der Waals surface area contributed by atoms with Crippen LogP contribution in [-0.4, -0.2) is 49.2 Å². The van der Waals surface area contributed by atoms with E-state index in [1.807, 2.05) is 51.2 Å². The molecule has 1 aromatic carbocycles. The van der Waals surface area contributed by atoms with Gasteiger partial charge >= 0.3 is 6.09 Å². The lowest BCUT2D eigenvalue weighted by Crippen LogP contribution is -2.39. The molecule has 3 aromatic rings. The van der Waals surface area contributed by atoms with Gasteiger partial charge in [0, 0.05) is 29.9 Å². The van der Waals surface area contributed by atoms with Crippen LogP contribution in [0.3, 0.4) is 0 Å². The lowest BCUT2D eigenvalue weighted by molar-refractivity contribution is 0.0228. The Morgan fingerprint density at radius 3 is 2.58 bits per heavy atom. The number of anilines is 1. The second kappa shape index (κ2) is 10.6. The number of hydrogen-bond donors (Lipinski definition) is 1. The first-order valence-corrected chi connectivity index (χ1v) is 12.6. The Bertz CT molecular complexity index is 1260. The number of nitriles is 1. The van der Waals surface area contributed by atoms with Gasteiger partial charge in [0.25, 0.3) is 0 Å². The van der Waals surface area contributed by atoms with Crippen LogP contribution in [0.4, 0.5) is 10.6 Å². The van der Waals surface area contributed by atoms with Gasteiger partial charge in [0.15, 0.2) is 0 Å². The summed E-state index contributed by atoms with van der Waals surface area (Å²) in [5.41, 5.74) is 8.46. The van der Waals surface area contributed by atoms with E-state index in [1.165, 1.54) is 0 Å². The number of amides is 1. The molecule has 36 heavy (non-hydrogen) atoms. The van der Waals surface area contributed by atoms with E-state index in [2.05, 4.69) is 11.2 Å². The Hall–Kier alpha value is -3.51. The van der Waals surface area contributed by atoms with E-state index in [0.717, 1.165) is 36.8 Å².